The highest BCUT2D eigenvalue weighted by atomic mass is 16.6. The van der Waals surface area contributed by atoms with Gasteiger partial charge in [0.25, 0.3) is 0 Å². The summed E-state index contributed by atoms with van der Waals surface area (Å²) in [5, 5.41) is 0. The van der Waals surface area contributed by atoms with Gasteiger partial charge in [-0.2, -0.15) is 0 Å². The van der Waals surface area contributed by atoms with Crippen molar-refractivity contribution in [2.24, 2.45) is 5.92 Å². The fraction of sp³-hybridized carbons (Fsp3) is 0.909. The van der Waals surface area contributed by atoms with Crippen LogP contribution in [0.4, 0.5) is 9.59 Å². The number of hydrogen-bond donors (Lipinski definition) is 0. The van der Waals surface area contributed by atoms with Gasteiger partial charge in [0.2, 0.25) is 0 Å². The number of hydrogen-bond acceptors (Lipinski definition) is 4. The molecule has 0 aromatic heterocycles. The standard InChI is InChI=1S/C22H44N2O4/c1-10-11-12-15-23(8)20(26)28-22(6,7)17-18(2)14-13-16-24(9)19(25)27-21(3,4)5/h18H,10-17H2,1-9H3. The number of amides is 2. The molecule has 0 aliphatic carbocycles. The van der Waals surface area contributed by atoms with E-state index in [-0.39, 0.29) is 12.2 Å². The molecular formula is C22H44N2O4. The monoisotopic (exact) mass is 400 g/mol. The number of nitrogens with zero attached hydrogens (tertiary/aromatic N) is 2. The highest BCUT2D eigenvalue weighted by Gasteiger charge is 2.27. The second-order valence-electron chi connectivity index (χ2n) is 9.61. The summed E-state index contributed by atoms with van der Waals surface area (Å²) in [4.78, 5) is 27.5. The van der Waals surface area contributed by atoms with Crippen LogP contribution in [-0.2, 0) is 9.47 Å². The second kappa shape index (κ2) is 12.2. The molecule has 2 amide bonds. The summed E-state index contributed by atoms with van der Waals surface area (Å²) in [7, 11) is 3.56. The van der Waals surface area contributed by atoms with Gasteiger partial charge in [0, 0.05) is 27.2 Å². The van der Waals surface area contributed by atoms with Crippen LogP contribution in [0, 0.1) is 5.92 Å². The maximum atomic E-state index is 12.3. The Morgan fingerprint density at radius 1 is 0.857 bits per heavy atom. The summed E-state index contributed by atoms with van der Waals surface area (Å²) >= 11 is 0. The van der Waals surface area contributed by atoms with E-state index in [0.29, 0.717) is 12.5 Å². The van der Waals surface area contributed by atoms with Crippen molar-refractivity contribution in [2.45, 2.75) is 98.2 Å². The third-order valence-electron chi connectivity index (χ3n) is 4.51. The fourth-order valence-corrected chi connectivity index (χ4v) is 3.10. The topological polar surface area (TPSA) is 59.1 Å². The molecule has 0 aliphatic heterocycles. The van der Waals surface area contributed by atoms with E-state index in [1.165, 1.54) is 0 Å². The Balaban J connectivity index is 4.26. The lowest BCUT2D eigenvalue weighted by molar-refractivity contribution is 0.00239. The van der Waals surface area contributed by atoms with Gasteiger partial charge in [0.05, 0.1) is 0 Å². The summed E-state index contributed by atoms with van der Waals surface area (Å²) in [5.74, 6) is 0.389. The van der Waals surface area contributed by atoms with Crippen LogP contribution in [0.25, 0.3) is 0 Å². The summed E-state index contributed by atoms with van der Waals surface area (Å²) in [6.45, 7) is 15.2. The predicted molar refractivity (Wildman–Crippen MR) is 115 cm³/mol. The zero-order valence-corrected chi connectivity index (χ0v) is 19.8. The van der Waals surface area contributed by atoms with Crippen molar-refractivity contribution in [2.75, 3.05) is 27.2 Å². The van der Waals surface area contributed by atoms with Crippen molar-refractivity contribution < 1.29 is 19.1 Å². The number of unbranched alkanes of at least 4 members (excludes halogenated alkanes) is 2. The molecule has 0 fully saturated rings. The van der Waals surface area contributed by atoms with Crippen molar-refractivity contribution in [1.82, 2.24) is 9.80 Å². The Kier molecular flexibility index (Phi) is 11.5. The average Bonchev–Trinajstić information content (AvgIpc) is 2.52. The minimum absolute atomic E-state index is 0.252. The first kappa shape index (κ1) is 26.5. The third-order valence-corrected chi connectivity index (χ3v) is 4.51. The highest BCUT2D eigenvalue weighted by molar-refractivity contribution is 5.68. The molecule has 0 rings (SSSR count). The van der Waals surface area contributed by atoms with E-state index in [2.05, 4.69) is 13.8 Å². The van der Waals surface area contributed by atoms with Crippen LogP contribution in [0.1, 0.15) is 87.0 Å². The smallest absolute Gasteiger partial charge is 0.410 e. The zero-order valence-electron chi connectivity index (χ0n) is 19.8. The molecule has 0 spiro atoms. The summed E-state index contributed by atoms with van der Waals surface area (Å²) < 4.78 is 11.1. The first-order valence-corrected chi connectivity index (χ1v) is 10.7. The van der Waals surface area contributed by atoms with E-state index in [0.717, 1.165) is 45.1 Å². The first-order chi connectivity index (χ1) is 12.8. The Labute approximate surface area is 172 Å². The highest BCUT2D eigenvalue weighted by Crippen LogP contribution is 2.24. The quantitative estimate of drug-likeness (QED) is 0.418. The third kappa shape index (κ3) is 12.8. The Morgan fingerprint density at radius 2 is 1.36 bits per heavy atom. The maximum Gasteiger partial charge on any atom is 0.410 e. The van der Waals surface area contributed by atoms with Crippen LogP contribution in [0.3, 0.4) is 0 Å². The van der Waals surface area contributed by atoms with Gasteiger partial charge in [-0.1, -0.05) is 26.7 Å². The van der Waals surface area contributed by atoms with E-state index >= 15 is 0 Å². The molecule has 0 bridgehead atoms. The minimum Gasteiger partial charge on any atom is -0.444 e. The summed E-state index contributed by atoms with van der Waals surface area (Å²) in [5.41, 5.74) is -0.983. The molecule has 0 heterocycles. The van der Waals surface area contributed by atoms with Gasteiger partial charge in [0.15, 0.2) is 0 Å². The molecule has 0 aliphatic rings. The predicted octanol–water partition coefficient (Wildman–Crippen LogP) is 5.70. The molecule has 0 aromatic carbocycles. The van der Waals surface area contributed by atoms with Crippen LogP contribution in [-0.4, -0.2) is 60.4 Å². The summed E-state index contributed by atoms with van der Waals surface area (Å²) in [6, 6.07) is 0. The molecule has 166 valence electrons. The molecule has 0 N–H and O–H groups in total. The molecule has 6 nitrogen and oxygen atoms in total. The SMILES string of the molecule is CCCCCN(C)C(=O)OC(C)(C)CC(C)CCCN(C)C(=O)OC(C)(C)C. The lowest BCUT2D eigenvalue weighted by Crippen LogP contribution is -2.37. The molecule has 1 atom stereocenters. The molecule has 0 saturated carbocycles. The van der Waals surface area contributed by atoms with Crippen LogP contribution >= 0.6 is 0 Å². The van der Waals surface area contributed by atoms with Gasteiger partial charge in [-0.3, -0.25) is 0 Å². The van der Waals surface area contributed by atoms with Crippen LogP contribution in [0.15, 0.2) is 0 Å². The lowest BCUT2D eigenvalue weighted by atomic mass is 9.91. The molecule has 1 unspecified atom stereocenters. The maximum absolute atomic E-state index is 12.3. The van der Waals surface area contributed by atoms with E-state index in [1.54, 1.807) is 23.9 Å². The lowest BCUT2D eigenvalue weighted by Gasteiger charge is -2.31. The normalized spacial score (nSPS) is 13.0. The Morgan fingerprint density at radius 3 is 1.86 bits per heavy atom. The van der Waals surface area contributed by atoms with Gasteiger partial charge in [-0.15, -0.1) is 0 Å². The van der Waals surface area contributed by atoms with E-state index < -0.39 is 11.2 Å². The van der Waals surface area contributed by atoms with Gasteiger partial charge in [0.1, 0.15) is 11.2 Å². The van der Waals surface area contributed by atoms with Gasteiger partial charge in [-0.25, -0.2) is 9.59 Å². The number of carbonyl (C=O) groups excluding carboxylic acids is 2. The van der Waals surface area contributed by atoms with E-state index in [9.17, 15) is 9.59 Å². The van der Waals surface area contributed by atoms with Crippen LogP contribution in [0.2, 0.25) is 0 Å². The first-order valence-electron chi connectivity index (χ1n) is 10.7. The Hall–Kier alpha value is -1.46. The van der Waals surface area contributed by atoms with Crippen molar-refractivity contribution >= 4 is 12.2 Å². The Bertz CT molecular complexity index is 472. The molecule has 0 saturated heterocycles. The van der Waals surface area contributed by atoms with E-state index in [4.69, 9.17) is 9.47 Å². The second-order valence-corrected chi connectivity index (χ2v) is 9.61. The van der Waals surface area contributed by atoms with Crippen molar-refractivity contribution in [3.8, 4) is 0 Å². The number of ether oxygens (including phenoxy) is 2. The summed E-state index contributed by atoms with van der Waals surface area (Å²) in [6.07, 6.45) is 5.35. The van der Waals surface area contributed by atoms with Crippen LogP contribution in [0.5, 0.6) is 0 Å². The molecule has 6 heteroatoms. The largest absolute Gasteiger partial charge is 0.444 e. The average molecular weight is 401 g/mol. The fourth-order valence-electron chi connectivity index (χ4n) is 3.10. The molecular weight excluding hydrogens is 356 g/mol. The molecule has 0 radical (unpaired) electrons. The van der Waals surface area contributed by atoms with Gasteiger partial charge in [-0.05, 0) is 66.2 Å². The molecule has 28 heavy (non-hydrogen) atoms. The van der Waals surface area contributed by atoms with Crippen molar-refractivity contribution in [1.29, 1.82) is 0 Å². The number of rotatable bonds is 11. The van der Waals surface area contributed by atoms with Crippen molar-refractivity contribution in [3.63, 3.8) is 0 Å². The molecule has 0 aromatic rings. The van der Waals surface area contributed by atoms with E-state index in [1.807, 2.05) is 34.6 Å². The van der Waals surface area contributed by atoms with Crippen molar-refractivity contribution in [3.05, 3.63) is 0 Å². The zero-order chi connectivity index (χ0) is 22.0. The minimum atomic E-state index is -0.507. The van der Waals surface area contributed by atoms with Gasteiger partial charge >= 0.3 is 12.2 Å². The number of carbonyl (C=O) groups is 2. The van der Waals surface area contributed by atoms with Gasteiger partial charge < -0.3 is 19.3 Å². The van der Waals surface area contributed by atoms with Crippen LogP contribution < -0.4 is 0 Å².